The number of aryl methyl sites for hydroxylation is 1. The minimum Gasteiger partial charge on any atom is -0.356 e. The van der Waals surface area contributed by atoms with Crippen LogP contribution in [0.3, 0.4) is 0 Å². The van der Waals surface area contributed by atoms with Crippen molar-refractivity contribution >= 4 is 17.3 Å². The zero-order chi connectivity index (χ0) is 16.1. The molecule has 0 saturated carbocycles. The van der Waals surface area contributed by atoms with Crippen molar-refractivity contribution < 1.29 is 0 Å². The molecule has 5 nitrogen and oxygen atoms in total. The van der Waals surface area contributed by atoms with Gasteiger partial charge in [-0.3, -0.25) is 9.89 Å². The Morgan fingerprint density at radius 3 is 2.91 bits per heavy atom. The fourth-order valence-corrected chi connectivity index (χ4v) is 4.44. The predicted octanol–water partition coefficient (Wildman–Crippen LogP) is 1.99. The quantitative estimate of drug-likeness (QED) is 0.660. The van der Waals surface area contributed by atoms with Crippen molar-refractivity contribution in [2.75, 3.05) is 39.8 Å². The maximum Gasteiger partial charge on any atom is 0.193 e. The highest BCUT2D eigenvalue weighted by Gasteiger charge is 2.30. The van der Waals surface area contributed by atoms with Crippen LogP contribution in [0.5, 0.6) is 0 Å². The molecule has 0 aromatic carbocycles. The van der Waals surface area contributed by atoms with Crippen LogP contribution in [0.25, 0.3) is 0 Å². The Labute approximate surface area is 143 Å². The topological polar surface area (TPSA) is 43.8 Å². The molecule has 2 fully saturated rings. The molecular formula is C17H29N5S. The van der Waals surface area contributed by atoms with Gasteiger partial charge in [0.05, 0.1) is 5.01 Å². The summed E-state index contributed by atoms with van der Waals surface area (Å²) in [6.07, 6.45) is 8.09. The number of guanidine groups is 1. The molecule has 2 saturated heterocycles. The van der Waals surface area contributed by atoms with Gasteiger partial charge < -0.3 is 10.2 Å². The van der Waals surface area contributed by atoms with Crippen molar-refractivity contribution in [1.82, 2.24) is 20.1 Å². The maximum atomic E-state index is 4.49. The van der Waals surface area contributed by atoms with Crippen LogP contribution in [-0.2, 0) is 12.8 Å². The SMILES string of the molecule is CCc1cnc(CCNC(=NC)N2CCC(N3CCCC3)C2)s1. The molecule has 3 heterocycles. The number of aliphatic imine (C=N–C) groups is 1. The molecule has 0 aliphatic carbocycles. The first-order valence-corrected chi connectivity index (χ1v) is 9.75. The number of aromatic nitrogens is 1. The number of hydrogen-bond donors (Lipinski definition) is 1. The Balaban J connectivity index is 1.44. The molecule has 1 aromatic rings. The van der Waals surface area contributed by atoms with Gasteiger partial charge in [-0.15, -0.1) is 11.3 Å². The van der Waals surface area contributed by atoms with E-state index in [2.05, 4.69) is 32.0 Å². The first-order valence-electron chi connectivity index (χ1n) is 8.93. The molecule has 0 spiro atoms. The summed E-state index contributed by atoms with van der Waals surface area (Å²) in [5, 5.41) is 4.75. The summed E-state index contributed by atoms with van der Waals surface area (Å²) < 4.78 is 0. The van der Waals surface area contributed by atoms with Crippen LogP contribution < -0.4 is 5.32 Å². The zero-order valence-electron chi connectivity index (χ0n) is 14.4. The molecule has 0 amide bonds. The molecule has 1 atom stereocenters. The van der Waals surface area contributed by atoms with Crippen LogP contribution in [0.15, 0.2) is 11.2 Å². The van der Waals surface area contributed by atoms with Crippen molar-refractivity contribution in [3.05, 3.63) is 16.1 Å². The maximum absolute atomic E-state index is 4.49. The molecule has 128 valence electrons. The van der Waals surface area contributed by atoms with Crippen LogP contribution in [0.2, 0.25) is 0 Å². The molecular weight excluding hydrogens is 306 g/mol. The number of rotatable bonds is 5. The van der Waals surface area contributed by atoms with E-state index in [0.717, 1.165) is 44.5 Å². The van der Waals surface area contributed by atoms with Crippen LogP contribution in [0.1, 0.15) is 36.1 Å². The van der Waals surface area contributed by atoms with Gasteiger partial charge >= 0.3 is 0 Å². The third-order valence-electron chi connectivity index (χ3n) is 4.90. The van der Waals surface area contributed by atoms with Crippen molar-refractivity contribution in [3.63, 3.8) is 0 Å². The lowest BCUT2D eigenvalue weighted by molar-refractivity contribution is 0.249. The van der Waals surface area contributed by atoms with E-state index in [1.165, 1.54) is 42.2 Å². The van der Waals surface area contributed by atoms with Crippen molar-refractivity contribution in [2.45, 2.75) is 45.1 Å². The molecule has 1 unspecified atom stereocenters. The van der Waals surface area contributed by atoms with Crippen molar-refractivity contribution in [2.24, 2.45) is 4.99 Å². The largest absolute Gasteiger partial charge is 0.356 e. The first kappa shape index (κ1) is 16.7. The van der Waals surface area contributed by atoms with E-state index in [9.17, 15) is 0 Å². The highest BCUT2D eigenvalue weighted by molar-refractivity contribution is 7.11. The number of likely N-dealkylation sites (tertiary alicyclic amines) is 2. The Morgan fingerprint density at radius 1 is 1.39 bits per heavy atom. The third kappa shape index (κ3) is 4.23. The monoisotopic (exact) mass is 335 g/mol. The third-order valence-corrected chi connectivity index (χ3v) is 6.11. The minimum absolute atomic E-state index is 0.724. The second-order valence-electron chi connectivity index (χ2n) is 6.43. The average molecular weight is 336 g/mol. The molecule has 23 heavy (non-hydrogen) atoms. The van der Waals surface area contributed by atoms with Crippen LogP contribution in [0.4, 0.5) is 0 Å². The summed E-state index contributed by atoms with van der Waals surface area (Å²) in [4.78, 5) is 15.4. The smallest absolute Gasteiger partial charge is 0.193 e. The predicted molar refractivity (Wildman–Crippen MR) is 97.3 cm³/mol. The molecule has 1 N–H and O–H groups in total. The lowest BCUT2D eigenvalue weighted by atomic mass is 10.2. The lowest BCUT2D eigenvalue weighted by Crippen LogP contribution is -2.43. The lowest BCUT2D eigenvalue weighted by Gasteiger charge is -2.25. The van der Waals surface area contributed by atoms with Crippen LogP contribution in [0, 0.1) is 0 Å². The molecule has 2 aliphatic rings. The number of thiazole rings is 1. The summed E-state index contributed by atoms with van der Waals surface area (Å²) in [6.45, 7) is 7.91. The van der Waals surface area contributed by atoms with E-state index < -0.39 is 0 Å². The Bertz CT molecular complexity index is 521. The van der Waals surface area contributed by atoms with Crippen molar-refractivity contribution in [3.8, 4) is 0 Å². The fourth-order valence-electron chi connectivity index (χ4n) is 3.58. The molecule has 6 heteroatoms. The van der Waals surface area contributed by atoms with Gasteiger partial charge in [0, 0.05) is 50.2 Å². The summed E-state index contributed by atoms with van der Waals surface area (Å²) in [7, 11) is 1.89. The summed E-state index contributed by atoms with van der Waals surface area (Å²) in [5.74, 6) is 1.05. The molecule has 1 aromatic heterocycles. The van der Waals surface area contributed by atoms with Gasteiger partial charge in [-0.05, 0) is 38.8 Å². The molecule has 0 radical (unpaired) electrons. The van der Waals surface area contributed by atoms with Gasteiger partial charge in [-0.2, -0.15) is 0 Å². The van der Waals surface area contributed by atoms with Gasteiger partial charge in [0.1, 0.15) is 0 Å². The normalized spacial score (nSPS) is 23.0. The van der Waals surface area contributed by atoms with E-state index in [0.29, 0.717) is 0 Å². The summed E-state index contributed by atoms with van der Waals surface area (Å²) in [6, 6.07) is 0.724. The first-order chi connectivity index (χ1) is 11.3. The minimum atomic E-state index is 0.724. The Kier molecular flexibility index (Phi) is 5.89. The highest BCUT2D eigenvalue weighted by Crippen LogP contribution is 2.20. The van der Waals surface area contributed by atoms with E-state index in [4.69, 9.17) is 0 Å². The summed E-state index contributed by atoms with van der Waals surface area (Å²) >= 11 is 1.83. The number of nitrogens with one attached hydrogen (secondary N) is 1. The molecule has 3 rings (SSSR count). The standard InChI is InChI=1S/C17H29N5S/c1-3-15-12-20-16(23-15)6-8-19-17(18-2)22-11-7-14(13-22)21-9-4-5-10-21/h12,14H,3-11,13H2,1-2H3,(H,18,19). The van der Waals surface area contributed by atoms with Gasteiger partial charge in [0.15, 0.2) is 5.96 Å². The Morgan fingerprint density at radius 2 is 2.22 bits per heavy atom. The van der Waals surface area contributed by atoms with Gasteiger partial charge in [0.2, 0.25) is 0 Å². The number of hydrogen-bond acceptors (Lipinski definition) is 4. The van der Waals surface area contributed by atoms with E-state index in [1.54, 1.807) is 0 Å². The van der Waals surface area contributed by atoms with E-state index in [1.807, 2.05) is 24.6 Å². The van der Waals surface area contributed by atoms with Crippen LogP contribution in [-0.4, -0.2) is 66.6 Å². The summed E-state index contributed by atoms with van der Waals surface area (Å²) in [5.41, 5.74) is 0. The highest BCUT2D eigenvalue weighted by atomic mass is 32.1. The second-order valence-corrected chi connectivity index (χ2v) is 7.63. The zero-order valence-corrected chi connectivity index (χ0v) is 15.2. The van der Waals surface area contributed by atoms with Crippen molar-refractivity contribution in [1.29, 1.82) is 0 Å². The Hall–Kier alpha value is -1.14. The number of nitrogens with zero attached hydrogens (tertiary/aromatic N) is 4. The van der Waals surface area contributed by atoms with Gasteiger partial charge in [0.25, 0.3) is 0 Å². The van der Waals surface area contributed by atoms with E-state index >= 15 is 0 Å². The van der Waals surface area contributed by atoms with Gasteiger partial charge in [-0.1, -0.05) is 6.92 Å². The van der Waals surface area contributed by atoms with Gasteiger partial charge in [-0.25, -0.2) is 4.98 Å². The fraction of sp³-hybridized carbons (Fsp3) is 0.765. The molecule has 2 aliphatic heterocycles. The average Bonchev–Trinajstić information content (AvgIpc) is 3.32. The van der Waals surface area contributed by atoms with E-state index in [-0.39, 0.29) is 0 Å². The van der Waals surface area contributed by atoms with Crippen LogP contribution >= 0.6 is 11.3 Å². The second kappa shape index (κ2) is 8.11. The molecule has 0 bridgehead atoms.